The second-order valence-corrected chi connectivity index (χ2v) is 3.96. The molecule has 5 nitrogen and oxygen atoms in total. The van der Waals surface area contributed by atoms with Gasteiger partial charge in [-0.1, -0.05) is 12.1 Å². The molecule has 0 aliphatic carbocycles. The van der Waals surface area contributed by atoms with Crippen LogP contribution in [-0.2, 0) is 0 Å². The Morgan fingerprint density at radius 3 is 2.79 bits per heavy atom. The number of hydrogen-bond donors (Lipinski definition) is 1. The van der Waals surface area contributed by atoms with Crippen molar-refractivity contribution in [1.29, 1.82) is 0 Å². The van der Waals surface area contributed by atoms with E-state index in [1.54, 1.807) is 37.3 Å². The summed E-state index contributed by atoms with van der Waals surface area (Å²) in [6.07, 6.45) is 0.280. The van der Waals surface area contributed by atoms with Crippen LogP contribution in [0.2, 0.25) is 0 Å². The fourth-order valence-corrected chi connectivity index (χ4v) is 1.61. The lowest BCUT2D eigenvalue weighted by Gasteiger charge is -2.12. The zero-order valence-electron chi connectivity index (χ0n) is 10.2. The van der Waals surface area contributed by atoms with E-state index in [1.165, 1.54) is 6.07 Å². The van der Waals surface area contributed by atoms with Crippen LogP contribution in [0.4, 0.5) is 0 Å². The SMILES string of the molecule is CC(Oc1cccc(C=O)c1)c1ccc(C(=O)O)o1. The van der Waals surface area contributed by atoms with Gasteiger partial charge in [-0.15, -0.1) is 0 Å². The Morgan fingerprint density at radius 1 is 1.37 bits per heavy atom. The van der Waals surface area contributed by atoms with Crippen molar-refractivity contribution in [1.82, 2.24) is 0 Å². The number of benzene rings is 1. The van der Waals surface area contributed by atoms with Gasteiger partial charge < -0.3 is 14.3 Å². The largest absolute Gasteiger partial charge is 0.483 e. The minimum Gasteiger partial charge on any atom is -0.483 e. The lowest BCUT2D eigenvalue weighted by Crippen LogP contribution is -2.02. The molecule has 0 aliphatic rings. The first-order chi connectivity index (χ1) is 9.10. The van der Waals surface area contributed by atoms with Gasteiger partial charge in [0.05, 0.1) is 0 Å². The van der Waals surface area contributed by atoms with E-state index in [2.05, 4.69) is 0 Å². The van der Waals surface area contributed by atoms with Crippen LogP contribution in [0.5, 0.6) is 5.75 Å². The van der Waals surface area contributed by atoms with E-state index in [0.717, 1.165) is 6.29 Å². The van der Waals surface area contributed by atoms with E-state index in [4.69, 9.17) is 14.3 Å². The van der Waals surface area contributed by atoms with Crippen LogP contribution in [-0.4, -0.2) is 17.4 Å². The summed E-state index contributed by atoms with van der Waals surface area (Å²) < 4.78 is 10.7. The molecule has 1 atom stereocenters. The molecule has 0 bridgehead atoms. The fourth-order valence-electron chi connectivity index (χ4n) is 1.61. The van der Waals surface area contributed by atoms with Crippen molar-refractivity contribution in [3.05, 3.63) is 53.5 Å². The third-order valence-electron chi connectivity index (χ3n) is 2.55. The van der Waals surface area contributed by atoms with Crippen LogP contribution in [0.15, 0.2) is 40.8 Å². The first-order valence-electron chi connectivity index (χ1n) is 5.65. The van der Waals surface area contributed by atoms with Crippen molar-refractivity contribution in [3.63, 3.8) is 0 Å². The van der Waals surface area contributed by atoms with Gasteiger partial charge in [-0.2, -0.15) is 0 Å². The minimum atomic E-state index is -1.12. The fraction of sp³-hybridized carbons (Fsp3) is 0.143. The summed E-state index contributed by atoms with van der Waals surface area (Å²) in [5.74, 6) is -0.326. The normalized spacial score (nSPS) is 11.8. The summed E-state index contributed by atoms with van der Waals surface area (Å²) >= 11 is 0. The molecule has 0 amide bonds. The molecule has 1 aromatic carbocycles. The molecule has 98 valence electrons. The van der Waals surface area contributed by atoms with Crippen LogP contribution < -0.4 is 4.74 Å². The molecule has 1 heterocycles. The molecule has 2 rings (SSSR count). The molecule has 0 radical (unpaired) electrons. The minimum absolute atomic E-state index is 0.132. The molecular weight excluding hydrogens is 248 g/mol. The Hall–Kier alpha value is -2.56. The number of rotatable bonds is 5. The smallest absolute Gasteiger partial charge is 0.371 e. The van der Waals surface area contributed by atoms with Gasteiger partial charge in [-0.3, -0.25) is 4.79 Å². The molecule has 0 aliphatic heterocycles. The van der Waals surface area contributed by atoms with Crippen molar-refractivity contribution in [2.24, 2.45) is 0 Å². The summed E-state index contributed by atoms with van der Waals surface area (Å²) in [4.78, 5) is 21.4. The van der Waals surface area contributed by atoms with Gasteiger partial charge in [-0.25, -0.2) is 4.79 Å². The number of carbonyl (C=O) groups excluding carboxylic acids is 1. The zero-order chi connectivity index (χ0) is 13.8. The average molecular weight is 260 g/mol. The molecule has 19 heavy (non-hydrogen) atoms. The number of carboxylic acids is 1. The van der Waals surface area contributed by atoms with Crippen LogP contribution in [0.25, 0.3) is 0 Å². The van der Waals surface area contributed by atoms with E-state index in [0.29, 0.717) is 17.1 Å². The molecule has 0 spiro atoms. The number of aldehydes is 1. The van der Waals surface area contributed by atoms with Crippen molar-refractivity contribution in [2.45, 2.75) is 13.0 Å². The van der Waals surface area contributed by atoms with Crippen LogP contribution in [0.1, 0.15) is 39.7 Å². The monoisotopic (exact) mass is 260 g/mol. The first-order valence-corrected chi connectivity index (χ1v) is 5.65. The Kier molecular flexibility index (Phi) is 3.66. The number of carbonyl (C=O) groups is 2. The van der Waals surface area contributed by atoms with Gasteiger partial charge in [0, 0.05) is 5.56 Å². The summed E-state index contributed by atoms with van der Waals surface area (Å²) in [6, 6.07) is 9.61. The van der Waals surface area contributed by atoms with E-state index in [1.807, 2.05) is 0 Å². The molecule has 0 saturated carbocycles. The lowest BCUT2D eigenvalue weighted by molar-refractivity contribution is 0.0655. The molecule has 1 unspecified atom stereocenters. The highest BCUT2D eigenvalue weighted by Gasteiger charge is 2.15. The molecule has 0 saturated heterocycles. The van der Waals surface area contributed by atoms with E-state index in [9.17, 15) is 9.59 Å². The zero-order valence-corrected chi connectivity index (χ0v) is 10.2. The van der Waals surface area contributed by atoms with E-state index >= 15 is 0 Å². The number of carboxylic acid groups (broad SMARTS) is 1. The Bertz CT molecular complexity index is 599. The number of aromatic carboxylic acids is 1. The standard InChI is InChI=1S/C14H12O5/c1-9(12-5-6-13(19-12)14(16)17)18-11-4-2-3-10(7-11)8-15/h2-9H,1H3,(H,16,17). The van der Waals surface area contributed by atoms with Gasteiger partial charge in [0.25, 0.3) is 0 Å². The molecule has 1 aromatic heterocycles. The van der Waals surface area contributed by atoms with Crippen molar-refractivity contribution >= 4 is 12.3 Å². The topological polar surface area (TPSA) is 76.7 Å². The highest BCUT2D eigenvalue weighted by atomic mass is 16.5. The first kappa shape index (κ1) is 12.9. The third kappa shape index (κ3) is 3.01. The second-order valence-electron chi connectivity index (χ2n) is 3.96. The summed E-state index contributed by atoms with van der Waals surface area (Å²) in [6.45, 7) is 1.73. The highest BCUT2D eigenvalue weighted by Crippen LogP contribution is 2.23. The maximum atomic E-state index is 10.7. The van der Waals surface area contributed by atoms with E-state index < -0.39 is 12.1 Å². The van der Waals surface area contributed by atoms with Gasteiger partial charge in [-0.05, 0) is 31.2 Å². The summed E-state index contributed by atoms with van der Waals surface area (Å²) in [5.41, 5.74) is 0.510. The van der Waals surface area contributed by atoms with Crippen molar-refractivity contribution in [3.8, 4) is 5.75 Å². The van der Waals surface area contributed by atoms with Crippen LogP contribution in [0.3, 0.4) is 0 Å². The van der Waals surface area contributed by atoms with Gasteiger partial charge in [0.2, 0.25) is 5.76 Å². The number of ether oxygens (including phenoxy) is 1. The number of furan rings is 1. The van der Waals surface area contributed by atoms with Gasteiger partial charge >= 0.3 is 5.97 Å². The molecule has 2 aromatic rings. The Morgan fingerprint density at radius 2 is 2.16 bits per heavy atom. The maximum absolute atomic E-state index is 10.7. The summed E-state index contributed by atoms with van der Waals surface area (Å²) in [7, 11) is 0. The van der Waals surface area contributed by atoms with Crippen molar-refractivity contribution < 1.29 is 23.8 Å². The molecule has 5 heteroatoms. The molecule has 0 fully saturated rings. The Balaban J connectivity index is 2.12. The molecular formula is C14H12O5. The predicted molar refractivity (Wildman–Crippen MR) is 66.5 cm³/mol. The van der Waals surface area contributed by atoms with Crippen LogP contribution in [0, 0.1) is 0 Å². The lowest BCUT2D eigenvalue weighted by atomic mass is 10.2. The quantitative estimate of drug-likeness (QED) is 0.836. The maximum Gasteiger partial charge on any atom is 0.371 e. The predicted octanol–water partition coefficient (Wildman–Crippen LogP) is 2.93. The Labute approximate surface area is 109 Å². The highest BCUT2D eigenvalue weighted by molar-refractivity contribution is 5.84. The van der Waals surface area contributed by atoms with E-state index in [-0.39, 0.29) is 5.76 Å². The number of hydrogen-bond acceptors (Lipinski definition) is 4. The van der Waals surface area contributed by atoms with Gasteiger partial charge in [0.15, 0.2) is 6.10 Å². The second kappa shape index (κ2) is 5.39. The average Bonchev–Trinajstić information content (AvgIpc) is 2.89. The summed E-state index contributed by atoms with van der Waals surface area (Å²) in [5, 5.41) is 8.76. The van der Waals surface area contributed by atoms with Crippen LogP contribution >= 0.6 is 0 Å². The molecule has 1 N–H and O–H groups in total. The third-order valence-corrected chi connectivity index (χ3v) is 2.55. The van der Waals surface area contributed by atoms with Crippen molar-refractivity contribution in [2.75, 3.05) is 0 Å². The van der Waals surface area contributed by atoms with Gasteiger partial charge in [0.1, 0.15) is 17.8 Å².